The molecule has 0 saturated heterocycles. The third-order valence-corrected chi connectivity index (χ3v) is 11.9. The lowest BCUT2D eigenvalue weighted by molar-refractivity contribution is 0.0586. The minimum Gasteiger partial charge on any atom is -0.508 e. The zero-order chi connectivity index (χ0) is 42.6. The number of ether oxygens (including phenoxy) is 3. The molecule has 3 aliphatic carbocycles. The SMILES string of the molecule is COC(=O)c1cc(C2=CCCC2(C)C)c(O)cc1F.COC(=O)c1cc([C@@H]2CCCC2(C)C)c(O)cc1F.COC(=O)c1cc([C@H]2CCCC2(C)C)c(O)cc1F. The number of carbonyl (C=O) groups excluding carboxylic acids is 3. The molecule has 3 aliphatic rings. The van der Waals surface area contributed by atoms with E-state index in [2.05, 4.69) is 55.8 Å². The predicted octanol–water partition coefficient (Wildman–Crippen LogP) is 10.7. The summed E-state index contributed by atoms with van der Waals surface area (Å²) in [5.41, 5.74) is 2.34. The van der Waals surface area contributed by atoms with Crippen molar-refractivity contribution in [3.8, 4) is 17.2 Å². The minimum atomic E-state index is -0.774. The molecule has 0 aliphatic heterocycles. The molecule has 3 N–H and O–H groups in total. The summed E-state index contributed by atoms with van der Waals surface area (Å²) in [6, 6.07) is 7.24. The highest BCUT2D eigenvalue weighted by Gasteiger charge is 2.39. The second-order valence-corrected chi connectivity index (χ2v) is 17.0. The van der Waals surface area contributed by atoms with Crippen LogP contribution in [0.3, 0.4) is 0 Å². The van der Waals surface area contributed by atoms with Gasteiger partial charge in [0.15, 0.2) is 0 Å². The number of hydrogen-bond acceptors (Lipinski definition) is 9. The Balaban J connectivity index is 0.000000189. The van der Waals surface area contributed by atoms with Gasteiger partial charge in [-0.05, 0) is 102 Å². The van der Waals surface area contributed by atoms with Crippen molar-refractivity contribution in [1.82, 2.24) is 0 Å². The number of carbonyl (C=O) groups is 3. The van der Waals surface area contributed by atoms with E-state index >= 15 is 0 Å². The second kappa shape index (κ2) is 17.6. The van der Waals surface area contributed by atoms with Crippen LogP contribution in [-0.2, 0) is 14.2 Å². The molecule has 0 heterocycles. The van der Waals surface area contributed by atoms with Gasteiger partial charge < -0.3 is 29.5 Å². The fraction of sp³-hybridized carbons (Fsp3) is 0.489. The van der Waals surface area contributed by atoms with Gasteiger partial charge in [0, 0.05) is 23.8 Å². The molecule has 57 heavy (non-hydrogen) atoms. The van der Waals surface area contributed by atoms with Crippen molar-refractivity contribution < 1.29 is 57.1 Å². The summed E-state index contributed by atoms with van der Waals surface area (Å²) in [7, 11) is 3.63. The lowest BCUT2D eigenvalue weighted by Gasteiger charge is -2.28. The predicted molar refractivity (Wildman–Crippen MR) is 210 cm³/mol. The van der Waals surface area contributed by atoms with Crippen LogP contribution in [0, 0.1) is 33.7 Å². The number of allylic oxidation sites excluding steroid dienone is 2. The van der Waals surface area contributed by atoms with Gasteiger partial charge in [-0.2, -0.15) is 0 Å². The highest BCUT2D eigenvalue weighted by molar-refractivity contribution is 5.92. The van der Waals surface area contributed by atoms with Crippen molar-refractivity contribution in [2.24, 2.45) is 16.2 Å². The molecule has 6 rings (SSSR count). The van der Waals surface area contributed by atoms with Crippen LogP contribution in [-0.4, -0.2) is 54.6 Å². The van der Waals surface area contributed by atoms with Crippen LogP contribution in [0.5, 0.6) is 17.2 Å². The molecular weight excluding hydrogens is 741 g/mol. The van der Waals surface area contributed by atoms with Gasteiger partial charge in [-0.15, -0.1) is 0 Å². The smallest absolute Gasteiger partial charge is 0.340 e. The molecule has 0 spiro atoms. The van der Waals surface area contributed by atoms with E-state index in [0.717, 1.165) is 75.1 Å². The Labute approximate surface area is 332 Å². The first-order valence-electron chi connectivity index (χ1n) is 19.1. The molecule has 3 aromatic rings. The Kier molecular flexibility index (Phi) is 13.8. The lowest BCUT2D eigenvalue weighted by Crippen LogP contribution is -2.16. The van der Waals surface area contributed by atoms with Gasteiger partial charge in [0.25, 0.3) is 0 Å². The quantitative estimate of drug-likeness (QED) is 0.164. The van der Waals surface area contributed by atoms with Gasteiger partial charge in [-0.1, -0.05) is 60.5 Å². The summed E-state index contributed by atoms with van der Waals surface area (Å²) in [5, 5.41) is 29.9. The summed E-state index contributed by atoms with van der Waals surface area (Å²) in [4.78, 5) is 34.6. The molecule has 0 unspecified atom stereocenters. The first kappa shape index (κ1) is 44.7. The number of esters is 3. The summed E-state index contributed by atoms with van der Waals surface area (Å²) in [6.07, 6.45) is 10.0. The van der Waals surface area contributed by atoms with Gasteiger partial charge in [0.05, 0.1) is 38.0 Å². The van der Waals surface area contributed by atoms with Crippen molar-refractivity contribution in [2.45, 2.75) is 105 Å². The van der Waals surface area contributed by atoms with E-state index in [1.54, 1.807) is 0 Å². The summed E-state index contributed by atoms with van der Waals surface area (Å²) >= 11 is 0. The maximum absolute atomic E-state index is 13.7. The van der Waals surface area contributed by atoms with E-state index in [4.69, 9.17) is 0 Å². The number of hydrogen-bond donors (Lipinski definition) is 3. The van der Waals surface area contributed by atoms with Crippen LogP contribution in [0.1, 0.15) is 153 Å². The van der Waals surface area contributed by atoms with Crippen LogP contribution in [0.4, 0.5) is 13.2 Å². The Hall–Kier alpha value is -5.00. The van der Waals surface area contributed by atoms with Gasteiger partial charge in [0.2, 0.25) is 0 Å². The molecule has 12 heteroatoms. The van der Waals surface area contributed by atoms with Crippen LogP contribution in [0.15, 0.2) is 42.5 Å². The zero-order valence-corrected chi connectivity index (χ0v) is 34.3. The first-order valence-corrected chi connectivity index (χ1v) is 19.1. The number of benzene rings is 3. The first-order chi connectivity index (χ1) is 26.6. The molecule has 0 bridgehead atoms. The minimum absolute atomic E-state index is 0.0443. The maximum atomic E-state index is 13.7. The third kappa shape index (κ3) is 9.76. The Bertz CT molecular complexity index is 1940. The molecule has 0 aromatic heterocycles. The molecule has 310 valence electrons. The summed E-state index contributed by atoms with van der Waals surface area (Å²) in [6.45, 7) is 12.6. The van der Waals surface area contributed by atoms with Crippen LogP contribution in [0.2, 0.25) is 0 Å². The van der Waals surface area contributed by atoms with Gasteiger partial charge in [-0.3, -0.25) is 0 Å². The Morgan fingerprint density at radius 1 is 0.579 bits per heavy atom. The molecule has 2 atom stereocenters. The number of rotatable bonds is 6. The molecular formula is C45H55F3O9. The summed E-state index contributed by atoms with van der Waals surface area (Å²) < 4.78 is 54.7. The van der Waals surface area contributed by atoms with Crippen molar-refractivity contribution in [1.29, 1.82) is 0 Å². The van der Waals surface area contributed by atoms with Gasteiger partial charge in [0.1, 0.15) is 34.7 Å². The number of methoxy groups -OCH3 is 3. The topological polar surface area (TPSA) is 140 Å². The van der Waals surface area contributed by atoms with E-state index in [-0.39, 0.29) is 62.0 Å². The average molecular weight is 797 g/mol. The lowest BCUT2D eigenvalue weighted by atomic mass is 9.77. The van der Waals surface area contributed by atoms with E-state index in [0.29, 0.717) is 16.7 Å². The summed E-state index contributed by atoms with van der Waals surface area (Å²) in [5.74, 6) is -4.47. The van der Waals surface area contributed by atoms with Crippen molar-refractivity contribution in [3.63, 3.8) is 0 Å². The van der Waals surface area contributed by atoms with Crippen molar-refractivity contribution in [3.05, 3.63) is 93.3 Å². The Morgan fingerprint density at radius 3 is 1.26 bits per heavy atom. The van der Waals surface area contributed by atoms with Gasteiger partial charge >= 0.3 is 17.9 Å². The molecule has 9 nitrogen and oxygen atoms in total. The van der Waals surface area contributed by atoms with Crippen molar-refractivity contribution >= 4 is 23.5 Å². The van der Waals surface area contributed by atoms with E-state index in [1.807, 2.05) is 6.08 Å². The normalized spacial score (nSPS) is 20.0. The number of aromatic hydroxyl groups is 3. The monoisotopic (exact) mass is 796 g/mol. The van der Waals surface area contributed by atoms with E-state index in [1.165, 1.54) is 39.5 Å². The molecule has 0 amide bonds. The molecule has 0 radical (unpaired) electrons. The largest absolute Gasteiger partial charge is 0.508 e. The number of phenolic OH excluding ortho intramolecular Hbond substituents is 3. The average Bonchev–Trinajstić information content (AvgIpc) is 3.81. The van der Waals surface area contributed by atoms with Crippen molar-refractivity contribution in [2.75, 3.05) is 21.3 Å². The third-order valence-electron chi connectivity index (χ3n) is 11.9. The Morgan fingerprint density at radius 2 is 0.947 bits per heavy atom. The fourth-order valence-electron chi connectivity index (χ4n) is 8.56. The standard InChI is InChI=1S/2C15H19FO3.C15H17FO3/c3*1-15(2)6-4-5-11(15)9-7-10(14(18)19-3)12(16)8-13(9)17/h2*7-8,11,17H,4-6H2,1-3H3;5,7-8,17H,4,6H2,1-3H3/t2*11-;/m10./s1. The van der Waals surface area contributed by atoms with Gasteiger partial charge in [-0.25, -0.2) is 27.6 Å². The van der Waals surface area contributed by atoms with E-state index in [9.17, 15) is 42.9 Å². The maximum Gasteiger partial charge on any atom is 0.340 e. The molecule has 3 aromatic carbocycles. The van der Waals surface area contributed by atoms with Crippen LogP contribution >= 0.6 is 0 Å². The number of halogens is 3. The number of phenols is 3. The highest BCUT2D eigenvalue weighted by Crippen LogP contribution is 2.52. The van der Waals surface area contributed by atoms with E-state index < -0.39 is 35.4 Å². The zero-order valence-electron chi connectivity index (χ0n) is 34.3. The van der Waals surface area contributed by atoms with Crippen LogP contribution < -0.4 is 0 Å². The molecule has 2 fully saturated rings. The highest BCUT2D eigenvalue weighted by atomic mass is 19.1. The fourth-order valence-corrected chi connectivity index (χ4v) is 8.56. The van der Waals surface area contributed by atoms with Crippen LogP contribution in [0.25, 0.3) is 5.57 Å². The second-order valence-electron chi connectivity index (χ2n) is 17.0. The molecule has 2 saturated carbocycles.